The van der Waals surface area contributed by atoms with E-state index >= 15 is 0 Å². The van der Waals surface area contributed by atoms with E-state index in [-0.39, 0.29) is 11.9 Å². The van der Waals surface area contributed by atoms with Gasteiger partial charge in [0.1, 0.15) is 11.8 Å². The van der Waals surface area contributed by atoms with Crippen LogP contribution >= 0.6 is 11.3 Å². The maximum atomic E-state index is 12.6. The van der Waals surface area contributed by atoms with E-state index < -0.39 is 0 Å². The number of hydrogen-bond donors (Lipinski definition) is 0. The Bertz CT molecular complexity index is 923. The molecular formula is C18H20N4O3S. The van der Waals surface area contributed by atoms with Gasteiger partial charge in [0.15, 0.2) is 0 Å². The Morgan fingerprint density at radius 1 is 1.27 bits per heavy atom. The van der Waals surface area contributed by atoms with Crippen LogP contribution in [0.4, 0.5) is 0 Å². The zero-order chi connectivity index (χ0) is 18.3. The lowest BCUT2D eigenvalue weighted by Gasteiger charge is -2.38. The molecule has 4 rings (SSSR count). The number of carbonyl (C=O) groups excluding carboxylic acids is 1. The summed E-state index contributed by atoms with van der Waals surface area (Å²) in [5, 5.41) is 8.01. The number of rotatable bonds is 5. The first-order chi connectivity index (χ1) is 12.5. The molecule has 1 saturated heterocycles. The van der Waals surface area contributed by atoms with Gasteiger partial charge < -0.3 is 13.9 Å². The molecule has 1 amide bonds. The molecule has 1 unspecified atom stereocenters. The molecule has 26 heavy (non-hydrogen) atoms. The van der Waals surface area contributed by atoms with E-state index in [9.17, 15) is 4.79 Å². The number of carbonyl (C=O) groups is 1. The van der Waals surface area contributed by atoms with Crippen LogP contribution in [0.2, 0.25) is 0 Å². The van der Waals surface area contributed by atoms with Crippen molar-refractivity contribution in [3.63, 3.8) is 0 Å². The molecule has 7 nitrogen and oxygen atoms in total. The van der Waals surface area contributed by atoms with Crippen LogP contribution in [0.1, 0.15) is 46.7 Å². The standard InChI is InChI=1S/C18H20N4O3S/c1-10-4-6-15(26-10)17-19-18(25-21-17)14-8-9-22(14)16(23)7-5-13-11(2)20-24-12(13)3/h4,6,14H,5,7-9H2,1-3H3. The third kappa shape index (κ3) is 3.05. The Morgan fingerprint density at radius 2 is 2.12 bits per heavy atom. The molecule has 3 aromatic rings. The molecule has 0 saturated carbocycles. The van der Waals surface area contributed by atoms with Crippen LogP contribution in [-0.4, -0.2) is 32.6 Å². The van der Waals surface area contributed by atoms with Gasteiger partial charge >= 0.3 is 0 Å². The van der Waals surface area contributed by atoms with E-state index in [4.69, 9.17) is 9.05 Å². The number of nitrogens with zero attached hydrogens (tertiary/aromatic N) is 4. The zero-order valence-corrected chi connectivity index (χ0v) is 15.8. The van der Waals surface area contributed by atoms with Crippen LogP contribution in [0.15, 0.2) is 21.2 Å². The molecule has 0 radical (unpaired) electrons. The maximum absolute atomic E-state index is 12.6. The molecule has 4 heterocycles. The molecule has 1 aliphatic heterocycles. The Kier molecular flexibility index (Phi) is 4.36. The fraction of sp³-hybridized carbons (Fsp3) is 0.444. The summed E-state index contributed by atoms with van der Waals surface area (Å²) in [6.45, 7) is 6.54. The predicted octanol–water partition coefficient (Wildman–Crippen LogP) is 3.62. The van der Waals surface area contributed by atoms with E-state index in [2.05, 4.69) is 15.3 Å². The monoisotopic (exact) mass is 372 g/mol. The van der Waals surface area contributed by atoms with E-state index in [1.807, 2.05) is 37.8 Å². The molecule has 1 aliphatic rings. The van der Waals surface area contributed by atoms with Gasteiger partial charge in [0.05, 0.1) is 10.6 Å². The highest BCUT2D eigenvalue weighted by molar-refractivity contribution is 7.15. The van der Waals surface area contributed by atoms with Crippen molar-refractivity contribution < 1.29 is 13.8 Å². The van der Waals surface area contributed by atoms with E-state index in [1.54, 1.807) is 11.3 Å². The van der Waals surface area contributed by atoms with Crippen molar-refractivity contribution in [3.05, 3.63) is 39.9 Å². The molecule has 3 aromatic heterocycles. The van der Waals surface area contributed by atoms with Crippen molar-refractivity contribution in [1.29, 1.82) is 0 Å². The molecule has 0 aromatic carbocycles. The fourth-order valence-corrected chi connectivity index (χ4v) is 4.00. The number of aromatic nitrogens is 3. The van der Waals surface area contributed by atoms with Gasteiger partial charge in [-0.05, 0) is 45.7 Å². The van der Waals surface area contributed by atoms with Crippen LogP contribution in [-0.2, 0) is 11.2 Å². The summed E-state index contributed by atoms with van der Waals surface area (Å²) in [4.78, 5) is 21.1. The molecule has 0 spiro atoms. The Balaban J connectivity index is 1.41. The summed E-state index contributed by atoms with van der Waals surface area (Å²) in [6, 6.07) is 3.90. The number of hydrogen-bond acceptors (Lipinski definition) is 7. The van der Waals surface area contributed by atoms with Crippen molar-refractivity contribution >= 4 is 17.2 Å². The van der Waals surface area contributed by atoms with E-state index in [0.717, 1.165) is 34.9 Å². The summed E-state index contributed by atoms with van der Waals surface area (Å²) >= 11 is 1.63. The lowest BCUT2D eigenvalue weighted by molar-refractivity contribution is -0.140. The van der Waals surface area contributed by atoms with Gasteiger partial charge in [0, 0.05) is 23.4 Å². The Morgan fingerprint density at radius 3 is 2.73 bits per heavy atom. The molecule has 0 N–H and O–H groups in total. The van der Waals surface area contributed by atoms with Crippen LogP contribution in [0, 0.1) is 20.8 Å². The van der Waals surface area contributed by atoms with Crippen molar-refractivity contribution in [3.8, 4) is 10.7 Å². The number of likely N-dealkylation sites (tertiary alicyclic amines) is 1. The summed E-state index contributed by atoms with van der Waals surface area (Å²) in [5.41, 5.74) is 1.87. The molecule has 8 heteroatoms. The third-order valence-corrected chi connectivity index (χ3v) is 5.79. The van der Waals surface area contributed by atoms with E-state index in [0.29, 0.717) is 24.6 Å². The minimum atomic E-state index is -0.116. The highest BCUT2D eigenvalue weighted by Crippen LogP contribution is 2.35. The first-order valence-corrected chi connectivity index (χ1v) is 9.46. The fourth-order valence-electron chi connectivity index (χ4n) is 3.20. The quantitative estimate of drug-likeness (QED) is 0.680. The molecular weight excluding hydrogens is 352 g/mol. The highest BCUT2D eigenvalue weighted by Gasteiger charge is 2.37. The number of thiophene rings is 1. The second-order valence-electron chi connectivity index (χ2n) is 6.56. The first-order valence-electron chi connectivity index (χ1n) is 8.64. The summed E-state index contributed by atoms with van der Waals surface area (Å²) < 4.78 is 10.6. The van der Waals surface area contributed by atoms with E-state index in [1.165, 1.54) is 4.88 Å². The Hall–Kier alpha value is -2.48. The maximum Gasteiger partial charge on any atom is 0.249 e. The van der Waals surface area contributed by atoms with Gasteiger partial charge in [-0.15, -0.1) is 11.3 Å². The van der Waals surface area contributed by atoms with Crippen LogP contribution in [0.3, 0.4) is 0 Å². The molecule has 136 valence electrons. The zero-order valence-electron chi connectivity index (χ0n) is 15.0. The van der Waals surface area contributed by atoms with Crippen molar-refractivity contribution in [2.75, 3.05) is 6.54 Å². The van der Waals surface area contributed by atoms with Gasteiger partial charge in [-0.25, -0.2) is 0 Å². The summed E-state index contributed by atoms with van der Waals surface area (Å²) in [6.07, 6.45) is 1.90. The van der Waals surface area contributed by atoms with Gasteiger partial charge in [0.25, 0.3) is 0 Å². The lowest BCUT2D eigenvalue weighted by Crippen LogP contribution is -2.45. The van der Waals surface area contributed by atoms with Gasteiger partial charge in [0.2, 0.25) is 17.6 Å². The lowest BCUT2D eigenvalue weighted by atomic mass is 10.0. The van der Waals surface area contributed by atoms with Crippen LogP contribution in [0.25, 0.3) is 10.7 Å². The largest absolute Gasteiger partial charge is 0.361 e. The van der Waals surface area contributed by atoms with Crippen molar-refractivity contribution in [2.45, 2.75) is 46.1 Å². The van der Waals surface area contributed by atoms with Gasteiger partial charge in [-0.1, -0.05) is 10.3 Å². The third-order valence-electron chi connectivity index (χ3n) is 4.80. The minimum Gasteiger partial charge on any atom is -0.361 e. The predicted molar refractivity (Wildman–Crippen MR) is 95.7 cm³/mol. The number of aryl methyl sites for hydroxylation is 3. The SMILES string of the molecule is Cc1ccc(-c2noc(C3CCN3C(=O)CCc3c(C)noc3C)n2)s1. The van der Waals surface area contributed by atoms with Crippen molar-refractivity contribution in [1.82, 2.24) is 20.2 Å². The molecule has 1 atom stereocenters. The van der Waals surface area contributed by atoms with Gasteiger partial charge in [-0.2, -0.15) is 4.98 Å². The van der Waals surface area contributed by atoms with Crippen molar-refractivity contribution in [2.24, 2.45) is 0 Å². The first kappa shape index (κ1) is 17.0. The molecule has 0 aliphatic carbocycles. The summed E-state index contributed by atoms with van der Waals surface area (Å²) in [7, 11) is 0. The second kappa shape index (κ2) is 6.68. The summed E-state index contributed by atoms with van der Waals surface area (Å²) in [5.74, 6) is 1.98. The highest BCUT2D eigenvalue weighted by atomic mass is 32.1. The normalized spacial score (nSPS) is 16.7. The average molecular weight is 372 g/mol. The second-order valence-corrected chi connectivity index (χ2v) is 7.85. The number of amides is 1. The topological polar surface area (TPSA) is 85.3 Å². The minimum absolute atomic E-state index is 0.0907. The van der Waals surface area contributed by atoms with Gasteiger partial charge in [-0.3, -0.25) is 4.79 Å². The van der Waals surface area contributed by atoms with Crippen LogP contribution < -0.4 is 0 Å². The Labute approximate surface area is 155 Å². The van der Waals surface area contributed by atoms with Crippen LogP contribution in [0.5, 0.6) is 0 Å². The smallest absolute Gasteiger partial charge is 0.249 e. The molecule has 0 bridgehead atoms. The molecule has 1 fully saturated rings. The average Bonchev–Trinajstić information content (AvgIpc) is 3.27.